The minimum absolute atomic E-state index is 0.174. The quantitative estimate of drug-likeness (QED) is 0.489. The third-order valence-electron chi connectivity index (χ3n) is 4.56. The summed E-state index contributed by atoms with van der Waals surface area (Å²) < 4.78 is 16.4. The SMILES string of the molecule is O=C(CCc1nc(-c2ccncc2)no1)Nc1nc(-c2ccc3c(c2)OCCO3)cs1. The normalized spacial score (nSPS) is 12.5. The number of nitrogens with zero attached hydrogens (tertiary/aromatic N) is 4. The molecule has 31 heavy (non-hydrogen) atoms. The van der Waals surface area contributed by atoms with Gasteiger partial charge in [-0.2, -0.15) is 4.98 Å². The predicted molar refractivity (Wildman–Crippen MR) is 113 cm³/mol. The Balaban J connectivity index is 1.18. The van der Waals surface area contributed by atoms with Crippen LogP contribution in [0.4, 0.5) is 5.13 Å². The van der Waals surface area contributed by atoms with E-state index in [1.807, 2.05) is 23.6 Å². The van der Waals surface area contributed by atoms with Crippen LogP contribution < -0.4 is 14.8 Å². The van der Waals surface area contributed by atoms with E-state index in [2.05, 4.69) is 25.4 Å². The molecule has 0 saturated carbocycles. The van der Waals surface area contributed by atoms with Crippen LogP contribution in [0, 0.1) is 0 Å². The number of thiazole rings is 1. The molecule has 3 aromatic heterocycles. The zero-order valence-electron chi connectivity index (χ0n) is 16.3. The molecule has 0 atom stereocenters. The highest BCUT2D eigenvalue weighted by molar-refractivity contribution is 7.14. The first kappa shape index (κ1) is 19.2. The van der Waals surface area contributed by atoms with E-state index in [4.69, 9.17) is 14.0 Å². The number of amides is 1. The topological polar surface area (TPSA) is 112 Å². The number of rotatable bonds is 6. The molecule has 1 aromatic carbocycles. The van der Waals surface area contributed by atoms with Crippen molar-refractivity contribution in [1.82, 2.24) is 20.1 Å². The van der Waals surface area contributed by atoms with Crippen LogP contribution in [-0.2, 0) is 11.2 Å². The summed E-state index contributed by atoms with van der Waals surface area (Å²) in [6.07, 6.45) is 3.86. The van der Waals surface area contributed by atoms with E-state index in [9.17, 15) is 4.79 Å². The van der Waals surface area contributed by atoms with Gasteiger partial charge < -0.3 is 19.3 Å². The van der Waals surface area contributed by atoms with Gasteiger partial charge in [-0.3, -0.25) is 9.78 Å². The Labute approximate surface area is 181 Å². The standard InChI is InChI=1S/C21H17N5O4S/c27-18(3-4-19-25-20(26-30-19)13-5-7-22-8-6-13)24-21-23-15(12-31-21)14-1-2-16-17(11-14)29-10-9-28-16/h1-2,5-8,11-12H,3-4,9-10H2,(H,23,24,27). The number of hydrogen-bond donors (Lipinski definition) is 1. The molecule has 0 saturated heterocycles. The molecule has 0 radical (unpaired) electrons. The molecule has 156 valence electrons. The number of hydrogen-bond acceptors (Lipinski definition) is 9. The summed E-state index contributed by atoms with van der Waals surface area (Å²) in [6.45, 7) is 1.08. The second kappa shape index (κ2) is 8.52. The molecule has 1 aliphatic rings. The second-order valence-electron chi connectivity index (χ2n) is 6.69. The highest BCUT2D eigenvalue weighted by Gasteiger charge is 2.15. The fourth-order valence-corrected chi connectivity index (χ4v) is 3.78. The number of benzene rings is 1. The highest BCUT2D eigenvalue weighted by Crippen LogP contribution is 2.35. The first-order valence-electron chi connectivity index (χ1n) is 9.63. The van der Waals surface area contributed by atoms with E-state index in [0.29, 0.717) is 42.2 Å². The molecule has 0 bridgehead atoms. The maximum atomic E-state index is 12.3. The van der Waals surface area contributed by atoms with Crippen LogP contribution in [0.15, 0.2) is 52.6 Å². The zero-order valence-corrected chi connectivity index (χ0v) is 17.1. The number of carbonyl (C=O) groups is 1. The number of ether oxygens (including phenoxy) is 2. The van der Waals surface area contributed by atoms with Crippen LogP contribution in [0.2, 0.25) is 0 Å². The summed E-state index contributed by atoms with van der Waals surface area (Å²) in [5, 5.41) is 9.17. The summed E-state index contributed by atoms with van der Waals surface area (Å²) in [6, 6.07) is 9.27. The molecule has 9 nitrogen and oxygen atoms in total. The Morgan fingerprint density at radius 3 is 2.74 bits per heavy atom. The van der Waals surface area contributed by atoms with E-state index >= 15 is 0 Å². The van der Waals surface area contributed by atoms with E-state index < -0.39 is 0 Å². The van der Waals surface area contributed by atoms with Crippen LogP contribution in [-0.4, -0.2) is 39.2 Å². The molecule has 5 rings (SSSR count). The smallest absolute Gasteiger partial charge is 0.227 e. The molecule has 0 unspecified atom stereocenters. The molecule has 4 heterocycles. The van der Waals surface area contributed by atoms with Crippen LogP contribution in [0.3, 0.4) is 0 Å². The molecule has 0 spiro atoms. The molecule has 0 fully saturated rings. The molecule has 10 heteroatoms. The van der Waals surface area contributed by atoms with Gasteiger partial charge in [-0.25, -0.2) is 4.98 Å². The zero-order chi connectivity index (χ0) is 21.0. The van der Waals surface area contributed by atoms with Crippen molar-refractivity contribution in [1.29, 1.82) is 0 Å². The fraction of sp³-hybridized carbons (Fsp3) is 0.190. The minimum Gasteiger partial charge on any atom is -0.486 e. The van der Waals surface area contributed by atoms with Crippen molar-refractivity contribution < 1.29 is 18.8 Å². The van der Waals surface area contributed by atoms with Gasteiger partial charge in [0.2, 0.25) is 17.6 Å². The van der Waals surface area contributed by atoms with Crippen molar-refractivity contribution in [3.05, 3.63) is 54.0 Å². The van der Waals surface area contributed by atoms with Crippen LogP contribution in [0.25, 0.3) is 22.6 Å². The lowest BCUT2D eigenvalue weighted by Gasteiger charge is -2.18. The van der Waals surface area contributed by atoms with Gasteiger partial charge in [0.25, 0.3) is 0 Å². The summed E-state index contributed by atoms with van der Waals surface area (Å²) in [4.78, 5) is 25.1. The largest absolute Gasteiger partial charge is 0.486 e. The highest BCUT2D eigenvalue weighted by atomic mass is 32.1. The molecule has 1 N–H and O–H groups in total. The molecule has 4 aromatic rings. The Bertz CT molecular complexity index is 1210. The monoisotopic (exact) mass is 435 g/mol. The third-order valence-corrected chi connectivity index (χ3v) is 5.32. The number of aryl methyl sites for hydroxylation is 1. The molecule has 0 aliphatic carbocycles. The number of nitrogens with one attached hydrogen (secondary N) is 1. The van der Waals surface area contributed by atoms with Crippen molar-refractivity contribution in [3.63, 3.8) is 0 Å². The Morgan fingerprint density at radius 2 is 1.87 bits per heavy atom. The molecule has 1 amide bonds. The Kier molecular flexibility index (Phi) is 5.28. The maximum absolute atomic E-state index is 12.3. The summed E-state index contributed by atoms with van der Waals surface area (Å²) >= 11 is 1.36. The van der Waals surface area contributed by atoms with Gasteiger partial charge in [0, 0.05) is 41.7 Å². The van der Waals surface area contributed by atoms with Gasteiger partial charge >= 0.3 is 0 Å². The van der Waals surface area contributed by atoms with Gasteiger partial charge in [-0.15, -0.1) is 11.3 Å². The summed E-state index contributed by atoms with van der Waals surface area (Å²) in [5.74, 6) is 2.13. The van der Waals surface area contributed by atoms with Gasteiger partial charge in [-0.05, 0) is 30.3 Å². The Hall–Kier alpha value is -3.79. The number of fused-ring (bicyclic) bond motifs is 1. The van der Waals surface area contributed by atoms with E-state index in [1.54, 1.807) is 24.5 Å². The second-order valence-corrected chi connectivity index (χ2v) is 7.55. The number of anilines is 1. The van der Waals surface area contributed by atoms with E-state index in [-0.39, 0.29) is 12.3 Å². The minimum atomic E-state index is -0.174. The number of aromatic nitrogens is 4. The lowest BCUT2D eigenvalue weighted by molar-refractivity contribution is -0.116. The van der Waals surface area contributed by atoms with Crippen molar-refractivity contribution in [2.75, 3.05) is 18.5 Å². The van der Waals surface area contributed by atoms with Crippen molar-refractivity contribution in [3.8, 4) is 34.1 Å². The van der Waals surface area contributed by atoms with Crippen LogP contribution in [0.1, 0.15) is 12.3 Å². The van der Waals surface area contributed by atoms with E-state index in [1.165, 1.54) is 11.3 Å². The average molecular weight is 435 g/mol. The summed E-state index contributed by atoms with van der Waals surface area (Å²) in [7, 11) is 0. The van der Waals surface area contributed by atoms with Gasteiger partial charge in [0.15, 0.2) is 16.6 Å². The Morgan fingerprint density at radius 1 is 1.03 bits per heavy atom. The van der Waals surface area contributed by atoms with Crippen LogP contribution in [0.5, 0.6) is 11.5 Å². The van der Waals surface area contributed by atoms with Crippen LogP contribution >= 0.6 is 11.3 Å². The number of pyridine rings is 1. The first-order chi connectivity index (χ1) is 15.2. The predicted octanol–water partition coefficient (Wildman–Crippen LogP) is 3.60. The summed E-state index contributed by atoms with van der Waals surface area (Å²) in [5.41, 5.74) is 2.47. The fourth-order valence-electron chi connectivity index (χ4n) is 3.04. The van der Waals surface area contributed by atoms with Crippen molar-refractivity contribution in [2.24, 2.45) is 0 Å². The van der Waals surface area contributed by atoms with Gasteiger partial charge in [0.1, 0.15) is 13.2 Å². The molecular formula is C21H17N5O4S. The average Bonchev–Trinajstić information content (AvgIpc) is 3.48. The lowest BCUT2D eigenvalue weighted by atomic mass is 10.1. The van der Waals surface area contributed by atoms with Crippen molar-refractivity contribution >= 4 is 22.4 Å². The maximum Gasteiger partial charge on any atom is 0.227 e. The van der Waals surface area contributed by atoms with Crippen molar-refractivity contribution in [2.45, 2.75) is 12.8 Å². The van der Waals surface area contributed by atoms with Gasteiger partial charge in [-0.1, -0.05) is 5.16 Å². The third kappa shape index (κ3) is 4.38. The van der Waals surface area contributed by atoms with Gasteiger partial charge in [0.05, 0.1) is 5.69 Å². The lowest BCUT2D eigenvalue weighted by Crippen LogP contribution is -2.15. The number of carbonyl (C=O) groups excluding carboxylic acids is 1. The molecule has 1 aliphatic heterocycles. The first-order valence-corrected chi connectivity index (χ1v) is 10.5. The molecular weight excluding hydrogens is 418 g/mol. The van der Waals surface area contributed by atoms with E-state index in [0.717, 1.165) is 22.6 Å².